The Morgan fingerprint density at radius 3 is 2.79 bits per heavy atom. The van der Waals surface area contributed by atoms with Crippen molar-refractivity contribution in [2.45, 2.75) is 18.6 Å². The average Bonchev–Trinajstić information content (AvgIpc) is 3.34. The first-order valence-corrected chi connectivity index (χ1v) is 8.78. The van der Waals surface area contributed by atoms with E-state index in [1.54, 1.807) is 12.1 Å². The van der Waals surface area contributed by atoms with Crippen molar-refractivity contribution in [3.8, 4) is 17.2 Å². The molecular formula is C20H19NO7. The molecule has 2 aliphatic rings. The smallest absolute Gasteiger partial charge is 0.417 e. The van der Waals surface area contributed by atoms with E-state index in [0.717, 1.165) is 10.5 Å². The number of aliphatic hydroxyl groups is 1. The van der Waals surface area contributed by atoms with Gasteiger partial charge in [0.05, 0.1) is 19.6 Å². The van der Waals surface area contributed by atoms with Crippen molar-refractivity contribution in [1.29, 1.82) is 0 Å². The van der Waals surface area contributed by atoms with E-state index in [4.69, 9.17) is 18.9 Å². The first kappa shape index (κ1) is 18.1. The van der Waals surface area contributed by atoms with Gasteiger partial charge in [-0.2, -0.15) is 0 Å². The maximum absolute atomic E-state index is 12.8. The van der Waals surface area contributed by atoms with E-state index in [9.17, 15) is 14.7 Å². The zero-order chi connectivity index (χ0) is 19.7. The van der Waals surface area contributed by atoms with Crippen molar-refractivity contribution in [2.24, 2.45) is 0 Å². The number of hydrogen-bond donors (Lipinski definition) is 1. The van der Waals surface area contributed by atoms with Gasteiger partial charge >= 0.3 is 6.09 Å². The second-order valence-electron chi connectivity index (χ2n) is 6.44. The molecule has 0 bridgehead atoms. The van der Waals surface area contributed by atoms with Crippen LogP contribution in [0.2, 0.25) is 0 Å². The van der Waals surface area contributed by atoms with Crippen molar-refractivity contribution >= 4 is 12.0 Å². The minimum atomic E-state index is -1.15. The number of carbonyl (C=O) groups is 2. The van der Waals surface area contributed by atoms with Gasteiger partial charge in [-0.25, -0.2) is 9.69 Å². The number of aliphatic hydroxyl groups excluding tert-OH is 1. The highest BCUT2D eigenvalue weighted by Crippen LogP contribution is 2.43. The molecule has 0 spiro atoms. The van der Waals surface area contributed by atoms with E-state index >= 15 is 0 Å². The van der Waals surface area contributed by atoms with Crippen LogP contribution in [-0.4, -0.2) is 42.5 Å². The summed E-state index contributed by atoms with van der Waals surface area (Å²) in [6.07, 6.45) is -2.16. The molecule has 2 amide bonds. The molecule has 4 rings (SSSR count). The second-order valence-corrected chi connectivity index (χ2v) is 6.44. The predicted molar refractivity (Wildman–Crippen MR) is 96.1 cm³/mol. The minimum Gasteiger partial charge on any atom is -0.493 e. The number of hydrogen-bond acceptors (Lipinski definition) is 7. The Hall–Kier alpha value is -3.26. The summed E-state index contributed by atoms with van der Waals surface area (Å²) in [4.78, 5) is 26.0. The highest BCUT2D eigenvalue weighted by atomic mass is 16.7. The number of nitrogens with zero attached hydrogens (tertiary/aromatic N) is 1. The number of carbonyl (C=O) groups excluding carboxylic acids is 2. The Balaban J connectivity index is 1.53. The molecule has 28 heavy (non-hydrogen) atoms. The number of benzene rings is 2. The molecule has 8 heteroatoms. The molecule has 0 unspecified atom stereocenters. The zero-order valence-corrected chi connectivity index (χ0v) is 15.2. The normalized spacial score (nSPS) is 18.7. The van der Waals surface area contributed by atoms with Crippen LogP contribution in [0.15, 0.2) is 42.5 Å². The molecule has 2 aromatic rings. The SMILES string of the molecule is COc1cc([C@@H](O)CC(=O)N2C(=O)OC[C@@H]2c2ccccc2)cc2c1OCO2. The lowest BCUT2D eigenvalue weighted by Gasteiger charge is -2.21. The monoisotopic (exact) mass is 385 g/mol. The van der Waals surface area contributed by atoms with Gasteiger partial charge in [0.1, 0.15) is 12.6 Å². The number of imide groups is 1. The summed E-state index contributed by atoms with van der Waals surface area (Å²) in [6, 6.07) is 11.8. The molecule has 2 heterocycles. The van der Waals surface area contributed by atoms with Crippen LogP contribution in [0.3, 0.4) is 0 Å². The quantitative estimate of drug-likeness (QED) is 0.845. The first-order chi connectivity index (χ1) is 13.6. The molecule has 146 valence electrons. The Labute approximate surface area is 161 Å². The number of ether oxygens (including phenoxy) is 4. The number of cyclic esters (lactones) is 1. The predicted octanol–water partition coefficient (Wildman–Crippen LogP) is 2.57. The van der Waals surface area contributed by atoms with Crippen molar-refractivity contribution in [2.75, 3.05) is 20.5 Å². The summed E-state index contributed by atoms with van der Waals surface area (Å²) in [6.45, 7) is 0.144. The summed E-state index contributed by atoms with van der Waals surface area (Å²) in [5.74, 6) is 0.764. The maximum Gasteiger partial charge on any atom is 0.417 e. The molecule has 8 nitrogen and oxygen atoms in total. The fourth-order valence-corrected chi connectivity index (χ4v) is 3.34. The van der Waals surface area contributed by atoms with E-state index in [1.165, 1.54) is 7.11 Å². The molecule has 0 aliphatic carbocycles. The zero-order valence-electron chi connectivity index (χ0n) is 15.2. The molecular weight excluding hydrogens is 366 g/mol. The minimum absolute atomic E-state index is 0.0581. The highest BCUT2D eigenvalue weighted by Gasteiger charge is 2.39. The summed E-state index contributed by atoms with van der Waals surface area (Å²) in [5.41, 5.74) is 1.22. The molecule has 2 atom stereocenters. The topological polar surface area (TPSA) is 94.5 Å². The maximum atomic E-state index is 12.8. The van der Waals surface area contributed by atoms with Gasteiger partial charge in [-0.15, -0.1) is 0 Å². The molecule has 2 aromatic carbocycles. The van der Waals surface area contributed by atoms with Gasteiger partial charge in [0.2, 0.25) is 18.4 Å². The van der Waals surface area contributed by atoms with Gasteiger partial charge in [0.25, 0.3) is 0 Å². The standard InChI is InChI=1S/C20H19NO7/c1-25-16-7-13(8-17-19(16)28-11-27-17)15(22)9-18(23)21-14(10-26-20(21)24)12-5-3-2-4-6-12/h2-8,14-15,22H,9-11H2,1H3/t14-,15+/m1/s1. The average molecular weight is 385 g/mol. The van der Waals surface area contributed by atoms with E-state index in [0.29, 0.717) is 22.8 Å². The summed E-state index contributed by atoms with van der Waals surface area (Å²) in [5, 5.41) is 10.6. The molecule has 0 radical (unpaired) electrons. The molecule has 1 fully saturated rings. The van der Waals surface area contributed by atoms with Crippen LogP contribution in [0.4, 0.5) is 4.79 Å². The molecule has 1 N–H and O–H groups in total. The van der Waals surface area contributed by atoms with Crippen LogP contribution in [0.25, 0.3) is 0 Å². The van der Waals surface area contributed by atoms with Crippen molar-refractivity contribution < 1.29 is 33.6 Å². The third-order valence-corrected chi connectivity index (χ3v) is 4.76. The highest BCUT2D eigenvalue weighted by molar-refractivity contribution is 5.94. The van der Waals surface area contributed by atoms with Crippen LogP contribution in [-0.2, 0) is 9.53 Å². The number of rotatable bonds is 5. The van der Waals surface area contributed by atoms with E-state index in [-0.39, 0.29) is 19.8 Å². The van der Waals surface area contributed by atoms with Gasteiger partial charge in [0, 0.05) is 0 Å². The van der Waals surface area contributed by atoms with Crippen LogP contribution in [0, 0.1) is 0 Å². The van der Waals surface area contributed by atoms with Gasteiger partial charge in [0.15, 0.2) is 11.5 Å². The van der Waals surface area contributed by atoms with E-state index < -0.39 is 24.1 Å². The lowest BCUT2D eigenvalue weighted by Crippen LogP contribution is -2.35. The Kier molecular flexibility index (Phi) is 4.79. The van der Waals surface area contributed by atoms with E-state index in [1.807, 2.05) is 30.3 Å². The van der Waals surface area contributed by atoms with Crippen LogP contribution >= 0.6 is 0 Å². The lowest BCUT2D eigenvalue weighted by atomic mass is 10.0. The molecule has 0 aromatic heterocycles. The number of methoxy groups -OCH3 is 1. The summed E-state index contributed by atoms with van der Waals surface area (Å²) in [7, 11) is 1.48. The number of fused-ring (bicyclic) bond motifs is 1. The Morgan fingerprint density at radius 2 is 2.04 bits per heavy atom. The van der Waals surface area contributed by atoms with Crippen LogP contribution in [0.1, 0.15) is 29.7 Å². The van der Waals surface area contributed by atoms with Crippen molar-refractivity contribution in [1.82, 2.24) is 4.90 Å². The van der Waals surface area contributed by atoms with Crippen LogP contribution < -0.4 is 14.2 Å². The van der Waals surface area contributed by atoms with Crippen molar-refractivity contribution in [3.05, 3.63) is 53.6 Å². The summed E-state index contributed by atoms with van der Waals surface area (Å²) < 4.78 is 21.0. The third kappa shape index (κ3) is 3.22. The van der Waals surface area contributed by atoms with Gasteiger partial charge in [-0.3, -0.25) is 4.79 Å². The Bertz CT molecular complexity index is 899. The second kappa shape index (κ2) is 7.40. The van der Waals surface area contributed by atoms with Gasteiger partial charge in [-0.1, -0.05) is 30.3 Å². The largest absolute Gasteiger partial charge is 0.493 e. The van der Waals surface area contributed by atoms with Gasteiger partial charge < -0.3 is 24.1 Å². The third-order valence-electron chi connectivity index (χ3n) is 4.76. The van der Waals surface area contributed by atoms with Gasteiger partial charge in [-0.05, 0) is 23.3 Å². The lowest BCUT2D eigenvalue weighted by molar-refractivity contribution is -0.131. The fraction of sp³-hybridized carbons (Fsp3) is 0.300. The number of amides is 2. The summed E-state index contributed by atoms with van der Waals surface area (Å²) >= 11 is 0. The molecule has 0 saturated carbocycles. The van der Waals surface area contributed by atoms with E-state index in [2.05, 4.69) is 0 Å². The first-order valence-electron chi connectivity index (χ1n) is 8.78. The van der Waals surface area contributed by atoms with Crippen molar-refractivity contribution in [3.63, 3.8) is 0 Å². The molecule has 2 aliphatic heterocycles. The molecule has 1 saturated heterocycles. The Morgan fingerprint density at radius 1 is 1.25 bits per heavy atom. The van der Waals surface area contributed by atoms with Crippen LogP contribution in [0.5, 0.6) is 17.2 Å². The fourth-order valence-electron chi connectivity index (χ4n) is 3.34.